The molecule has 0 saturated carbocycles. The maximum Gasteiger partial charge on any atom is 0.288 e. The molecule has 0 aliphatic heterocycles. The number of halogens is 1. The molecule has 0 fully saturated rings. The summed E-state index contributed by atoms with van der Waals surface area (Å²) in [5.41, 5.74) is -0.353. The summed E-state index contributed by atoms with van der Waals surface area (Å²) < 4.78 is 0. The lowest BCUT2D eigenvalue weighted by Gasteiger charge is -1.94. The SMILES string of the molecule is N#Cc1c(Cl)cccc1[N+](=O)[O-]. The molecule has 1 aromatic carbocycles. The number of benzene rings is 1. The van der Waals surface area contributed by atoms with E-state index in [1.165, 1.54) is 18.2 Å². The van der Waals surface area contributed by atoms with Crippen molar-refractivity contribution >= 4 is 17.3 Å². The minimum Gasteiger partial charge on any atom is -0.258 e. The average Bonchev–Trinajstić information content (AvgIpc) is 2.03. The Morgan fingerprint density at radius 3 is 2.67 bits per heavy atom. The molecular formula is C7H3ClN2O2. The van der Waals surface area contributed by atoms with Crippen LogP contribution in [-0.2, 0) is 0 Å². The van der Waals surface area contributed by atoms with Crippen LogP contribution in [0.25, 0.3) is 0 Å². The van der Waals surface area contributed by atoms with Gasteiger partial charge in [-0.1, -0.05) is 17.7 Å². The molecule has 1 rings (SSSR count). The van der Waals surface area contributed by atoms with Gasteiger partial charge < -0.3 is 0 Å². The fraction of sp³-hybridized carbons (Fsp3) is 0. The van der Waals surface area contributed by atoms with Crippen LogP contribution in [0.4, 0.5) is 5.69 Å². The molecule has 1 aromatic rings. The normalized spacial score (nSPS) is 9.00. The topological polar surface area (TPSA) is 66.9 Å². The molecule has 0 spiro atoms. The minimum absolute atomic E-state index is 0.0934. The molecule has 5 heteroatoms. The maximum absolute atomic E-state index is 10.3. The van der Waals surface area contributed by atoms with Gasteiger partial charge in [0, 0.05) is 6.07 Å². The standard InChI is InChI=1S/C7H3ClN2O2/c8-6-2-1-3-7(10(11)12)5(6)4-9/h1-3H. The van der Waals surface area contributed by atoms with Gasteiger partial charge in [0.15, 0.2) is 0 Å². The first-order valence-electron chi connectivity index (χ1n) is 3.00. The second kappa shape index (κ2) is 3.20. The molecule has 0 heterocycles. The number of nitro groups is 1. The summed E-state index contributed by atoms with van der Waals surface area (Å²) >= 11 is 5.55. The van der Waals surface area contributed by atoms with Crippen LogP contribution in [0.1, 0.15) is 5.56 Å². The third-order valence-electron chi connectivity index (χ3n) is 1.30. The lowest BCUT2D eigenvalue weighted by Crippen LogP contribution is -1.91. The van der Waals surface area contributed by atoms with Gasteiger partial charge in [0.25, 0.3) is 5.69 Å². The van der Waals surface area contributed by atoms with Gasteiger partial charge in [-0.05, 0) is 6.07 Å². The van der Waals surface area contributed by atoms with E-state index in [1.54, 1.807) is 6.07 Å². The van der Waals surface area contributed by atoms with Crippen molar-refractivity contribution in [3.8, 4) is 6.07 Å². The second-order valence-corrected chi connectivity index (χ2v) is 2.41. The summed E-state index contributed by atoms with van der Waals surface area (Å²) in [7, 11) is 0. The highest BCUT2D eigenvalue weighted by atomic mass is 35.5. The van der Waals surface area contributed by atoms with Gasteiger partial charge in [-0.15, -0.1) is 0 Å². The summed E-state index contributed by atoms with van der Waals surface area (Å²) in [5.74, 6) is 0. The third kappa shape index (κ3) is 1.36. The second-order valence-electron chi connectivity index (χ2n) is 2.00. The van der Waals surface area contributed by atoms with E-state index >= 15 is 0 Å². The predicted octanol–water partition coefficient (Wildman–Crippen LogP) is 2.12. The van der Waals surface area contributed by atoms with E-state index in [4.69, 9.17) is 16.9 Å². The van der Waals surface area contributed by atoms with Gasteiger partial charge >= 0.3 is 0 Å². The lowest BCUT2D eigenvalue weighted by molar-refractivity contribution is -0.385. The average molecular weight is 183 g/mol. The van der Waals surface area contributed by atoms with E-state index in [0.29, 0.717) is 0 Å². The van der Waals surface area contributed by atoms with Gasteiger partial charge in [0.1, 0.15) is 11.6 Å². The molecule has 0 aliphatic carbocycles. The fourth-order valence-corrected chi connectivity index (χ4v) is 0.987. The molecule has 0 aromatic heterocycles. The van der Waals surface area contributed by atoms with Gasteiger partial charge in [-0.25, -0.2) is 0 Å². The first kappa shape index (κ1) is 8.50. The molecule has 4 nitrogen and oxygen atoms in total. The summed E-state index contributed by atoms with van der Waals surface area (Å²) in [5, 5.41) is 18.9. The smallest absolute Gasteiger partial charge is 0.258 e. The first-order chi connectivity index (χ1) is 5.66. The van der Waals surface area contributed by atoms with Crippen LogP contribution in [0.15, 0.2) is 18.2 Å². The van der Waals surface area contributed by atoms with Crippen molar-refractivity contribution in [1.29, 1.82) is 5.26 Å². The first-order valence-corrected chi connectivity index (χ1v) is 3.37. The Hall–Kier alpha value is -1.60. The van der Waals surface area contributed by atoms with Crippen LogP contribution in [0.5, 0.6) is 0 Å². The lowest BCUT2D eigenvalue weighted by atomic mass is 10.2. The van der Waals surface area contributed by atoms with E-state index < -0.39 is 4.92 Å². The van der Waals surface area contributed by atoms with Gasteiger partial charge in [0.05, 0.1) is 9.95 Å². The Bertz CT molecular complexity index is 370. The molecule has 0 saturated heterocycles. The summed E-state index contributed by atoms with van der Waals surface area (Å²) in [4.78, 5) is 9.69. The fourth-order valence-electron chi connectivity index (χ4n) is 0.776. The van der Waals surface area contributed by atoms with Crippen LogP contribution in [0.2, 0.25) is 5.02 Å². The molecular weight excluding hydrogens is 180 g/mol. The zero-order chi connectivity index (χ0) is 9.14. The quantitative estimate of drug-likeness (QED) is 0.494. The summed E-state index contributed by atoms with van der Waals surface area (Å²) in [6, 6.07) is 5.78. The van der Waals surface area contributed by atoms with Crippen molar-refractivity contribution in [2.75, 3.05) is 0 Å². The molecule has 0 amide bonds. The molecule has 12 heavy (non-hydrogen) atoms. The van der Waals surface area contributed by atoms with E-state index in [0.717, 1.165) is 0 Å². The Labute approximate surface area is 73.1 Å². The Balaban J connectivity index is 3.40. The van der Waals surface area contributed by atoms with E-state index in [9.17, 15) is 10.1 Å². The van der Waals surface area contributed by atoms with E-state index in [-0.39, 0.29) is 16.3 Å². The minimum atomic E-state index is -0.634. The Morgan fingerprint density at radius 1 is 1.58 bits per heavy atom. The largest absolute Gasteiger partial charge is 0.288 e. The highest BCUT2D eigenvalue weighted by Gasteiger charge is 2.15. The van der Waals surface area contributed by atoms with Crippen LogP contribution in [0.3, 0.4) is 0 Å². The number of nitrogens with zero attached hydrogens (tertiary/aromatic N) is 2. The molecule has 0 N–H and O–H groups in total. The Kier molecular flexibility index (Phi) is 2.26. The Morgan fingerprint density at radius 2 is 2.25 bits per heavy atom. The monoisotopic (exact) mass is 182 g/mol. The zero-order valence-corrected chi connectivity index (χ0v) is 6.58. The number of nitro benzene ring substituents is 1. The molecule has 60 valence electrons. The van der Waals surface area contributed by atoms with Gasteiger partial charge in [-0.2, -0.15) is 5.26 Å². The molecule has 0 atom stereocenters. The van der Waals surface area contributed by atoms with Crippen molar-refractivity contribution in [2.45, 2.75) is 0 Å². The van der Waals surface area contributed by atoms with E-state index in [2.05, 4.69) is 0 Å². The van der Waals surface area contributed by atoms with Crippen LogP contribution in [0, 0.1) is 21.4 Å². The van der Waals surface area contributed by atoms with Crippen molar-refractivity contribution in [3.63, 3.8) is 0 Å². The number of hydrogen-bond donors (Lipinski definition) is 0. The maximum atomic E-state index is 10.3. The van der Waals surface area contributed by atoms with Crippen molar-refractivity contribution in [2.24, 2.45) is 0 Å². The van der Waals surface area contributed by atoms with Gasteiger partial charge in [-0.3, -0.25) is 10.1 Å². The van der Waals surface area contributed by atoms with Crippen molar-refractivity contribution in [1.82, 2.24) is 0 Å². The van der Waals surface area contributed by atoms with Crippen molar-refractivity contribution < 1.29 is 4.92 Å². The number of nitriles is 1. The third-order valence-corrected chi connectivity index (χ3v) is 1.62. The summed E-state index contributed by atoms with van der Waals surface area (Å²) in [6.07, 6.45) is 0. The highest BCUT2D eigenvalue weighted by molar-refractivity contribution is 6.32. The molecule has 0 aliphatic rings. The predicted molar refractivity (Wildman–Crippen MR) is 42.8 cm³/mol. The van der Waals surface area contributed by atoms with E-state index in [1.807, 2.05) is 0 Å². The van der Waals surface area contributed by atoms with Gasteiger partial charge in [0.2, 0.25) is 0 Å². The molecule has 0 unspecified atom stereocenters. The summed E-state index contributed by atoms with van der Waals surface area (Å²) in [6.45, 7) is 0. The molecule has 0 radical (unpaired) electrons. The van der Waals surface area contributed by atoms with Crippen LogP contribution in [-0.4, -0.2) is 4.92 Å². The van der Waals surface area contributed by atoms with Crippen molar-refractivity contribution in [3.05, 3.63) is 38.9 Å². The van der Waals surface area contributed by atoms with Crippen LogP contribution < -0.4 is 0 Å². The van der Waals surface area contributed by atoms with Crippen LogP contribution >= 0.6 is 11.6 Å². The highest BCUT2D eigenvalue weighted by Crippen LogP contribution is 2.24. The number of rotatable bonds is 1. The molecule has 0 bridgehead atoms. The number of hydrogen-bond acceptors (Lipinski definition) is 3. The zero-order valence-electron chi connectivity index (χ0n) is 5.82.